The molecule has 2 rings (SSSR count). The molecule has 1 aromatic carbocycles. The van der Waals surface area contributed by atoms with Crippen molar-refractivity contribution in [3.63, 3.8) is 0 Å². The second kappa shape index (κ2) is 4.49. The number of carboxylic acids is 1. The Morgan fingerprint density at radius 1 is 1.47 bits per heavy atom. The first-order valence-electron chi connectivity index (χ1n) is 5.47. The van der Waals surface area contributed by atoms with Crippen LogP contribution in [-0.4, -0.2) is 22.8 Å². The summed E-state index contributed by atoms with van der Waals surface area (Å²) >= 11 is 0. The summed E-state index contributed by atoms with van der Waals surface area (Å²) in [6.45, 7) is 2.49. The molecular formula is C13H15NO3. The molecule has 0 unspecified atom stereocenters. The molecule has 0 bridgehead atoms. The van der Waals surface area contributed by atoms with Gasteiger partial charge in [-0.2, -0.15) is 0 Å². The highest BCUT2D eigenvalue weighted by molar-refractivity contribution is 5.85. The standard InChI is InChI=1S/C13H15NO3/c1-9-7-11(17-2)8-10-3-5-14(13(9)10)6-4-12(15)16/h3,5,7-8H,4,6H2,1-2H3,(H,15,16). The number of carbonyl (C=O) groups is 1. The molecule has 0 amide bonds. The average Bonchev–Trinajstić information content (AvgIpc) is 2.69. The number of aliphatic carboxylic acids is 1. The van der Waals surface area contributed by atoms with Gasteiger partial charge in [0.05, 0.1) is 19.0 Å². The van der Waals surface area contributed by atoms with Crippen molar-refractivity contribution in [3.8, 4) is 5.75 Å². The molecule has 1 heterocycles. The van der Waals surface area contributed by atoms with Crippen molar-refractivity contribution in [2.45, 2.75) is 19.9 Å². The molecule has 0 atom stereocenters. The molecule has 0 spiro atoms. The summed E-state index contributed by atoms with van der Waals surface area (Å²) in [6.07, 6.45) is 2.05. The number of carboxylic acid groups (broad SMARTS) is 1. The molecule has 1 N–H and O–H groups in total. The van der Waals surface area contributed by atoms with Crippen LogP contribution in [0.4, 0.5) is 0 Å². The molecule has 0 saturated heterocycles. The van der Waals surface area contributed by atoms with Crippen LogP contribution in [0.1, 0.15) is 12.0 Å². The van der Waals surface area contributed by atoms with Gasteiger partial charge in [-0.25, -0.2) is 0 Å². The van der Waals surface area contributed by atoms with Crippen LogP contribution in [-0.2, 0) is 11.3 Å². The number of ether oxygens (including phenoxy) is 1. The molecule has 2 aromatic rings. The van der Waals surface area contributed by atoms with Crippen molar-refractivity contribution in [2.24, 2.45) is 0 Å². The molecule has 0 aliphatic rings. The highest BCUT2D eigenvalue weighted by Gasteiger charge is 2.07. The molecule has 0 saturated carbocycles. The molecule has 90 valence electrons. The maximum absolute atomic E-state index is 10.6. The molecule has 1 aromatic heterocycles. The minimum atomic E-state index is -0.780. The maximum atomic E-state index is 10.6. The van der Waals surface area contributed by atoms with E-state index in [1.165, 1.54) is 0 Å². The van der Waals surface area contributed by atoms with Gasteiger partial charge in [0.15, 0.2) is 0 Å². The van der Waals surface area contributed by atoms with E-state index in [1.807, 2.05) is 35.9 Å². The van der Waals surface area contributed by atoms with Crippen LogP contribution < -0.4 is 4.74 Å². The van der Waals surface area contributed by atoms with Crippen LogP contribution >= 0.6 is 0 Å². The summed E-state index contributed by atoms with van der Waals surface area (Å²) in [5.74, 6) is 0.0454. The number of hydrogen-bond acceptors (Lipinski definition) is 2. The quantitative estimate of drug-likeness (QED) is 0.882. The van der Waals surface area contributed by atoms with Crippen molar-refractivity contribution in [1.29, 1.82) is 0 Å². The van der Waals surface area contributed by atoms with Crippen molar-refractivity contribution >= 4 is 16.9 Å². The lowest BCUT2D eigenvalue weighted by Gasteiger charge is -2.08. The van der Waals surface area contributed by atoms with Gasteiger partial charge in [0.1, 0.15) is 5.75 Å². The first-order chi connectivity index (χ1) is 8.11. The zero-order valence-corrected chi connectivity index (χ0v) is 9.93. The molecule has 0 radical (unpaired) electrons. The Kier molecular flexibility index (Phi) is 3.04. The fourth-order valence-electron chi connectivity index (χ4n) is 2.06. The lowest BCUT2D eigenvalue weighted by molar-refractivity contribution is -0.137. The maximum Gasteiger partial charge on any atom is 0.305 e. The number of benzene rings is 1. The summed E-state index contributed by atoms with van der Waals surface area (Å²) in [5, 5.41) is 9.78. The molecule has 4 nitrogen and oxygen atoms in total. The number of aromatic nitrogens is 1. The summed E-state index contributed by atoms with van der Waals surface area (Å²) in [6, 6.07) is 5.89. The third-order valence-electron chi connectivity index (χ3n) is 2.83. The Hall–Kier alpha value is -1.97. The van der Waals surface area contributed by atoms with E-state index in [2.05, 4.69) is 0 Å². The number of methoxy groups -OCH3 is 1. The first kappa shape index (κ1) is 11.5. The Morgan fingerprint density at radius 3 is 2.88 bits per heavy atom. The van der Waals surface area contributed by atoms with E-state index in [9.17, 15) is 4.79 Å². The van der Waals surface area contributed by atoms with Crippen molar-refractivity contribution in [3.05, 3.63) is 30.0 Å². The Morgan fingerprint density at radius 2 is 2.24 bits per heavy atom. The number of nitrogens with zero attached hydrogens (tertiary/aromatic N) is 1. The van der Waals surface area contributed by atoms with Gasteiger partial charge in [-0.05, 0) is 30.7 Å². The number of rotatable bonds is 4. The lowest BCUT2D eigenvalue weighted by Crippen LogP contribution is -2.03. The van der Waals surface area contributed by atoms with Gasteiger partial charge in [-0.15, -0.1) is 0 Å². The smallest absolute Gasteiger partial charge is 0.305 e. The summed E-state index contributed by atoms with van der Waals surface area (Å²) < 4.78 is 7.18. The second-order valence-corrected chi connectivity index (χ2v) is 4.04. The topological polar surface area (TPSA) is 51.5 Å². The van der Waals surface area contributed by atoms with Crippen LogP contribution in [0.15, 0.2) is 24.4 Å². The Balaban J connectivity index is 2.42. The summed E-state index contributed by atoms with van der Waals surface area (Å²) in [5.41, 5.74) is 2.17. The normalized spacial score (nSPS) is 10.7. The van der Waals surface area contributed by atoms with E-state index < -0.39 is 5.97 Å². The van der Waals surface area contributed by atoms with Gasteiger partial charge in [-0.1, -0.05) is 0 Å². The minimum Gasteiger partial charge on any atom is -0.497 e. The van der Waals surface area contributed by atoms with Gasteiger partial charge in [0.25, 0.3) is 0 Å². The lowest BCUT2D eigenvalue weighted by atomic mass is 10.1. The number of fused-ring (bicyclic) bond motifs is 1. The van der Waals surface area contributed by atoms with Crippen molar-refractivity contribution in [2.75, 3.05) is 7.11 Å². The Labute approximate surface area is 99.4 Å². The SMILES string of the molecule is COc1cc(C)c2c(ccn2CCC(=O)O)c1. The zero-order chi connectivity index (χ0) is 12.4. The van der Waals surface area contributed by atoms with E-state index in [0.29, 0.717) is 6.54 Å². The molecule has 0 aliphatic carbocycles. The van der Waals surface area contributed by atoms with Crippen LogP contribution in [0, 0.1) is 6.92 Å². The predicted molar refractivity (Wildman–Crippen MR) is 65.5 cm³/mol. The van der Waals surface area contributed by atoms with Gasteiger partial charge >= 0.3 is 5.97 Å². The molecule has 4 heteroatoms. The third-order valence-corrected chi connectivity index (χ3v) is 2.83. The van der Waals surface area contributed by atoms with Crippen molar-refractivity contribution < 1.29 is 14.6 Å². The van der Waals surface area contributed by atoms with Crippen molar-refractivity contribution in [1.82, 2.24) is 4.57 Å². The van der Waals surface area contributed by atoms with Gasteiger partial charge in [0.2, 0.25) is 0 Å². The van der Waals surface area contributed by atoms with Gasteiger partial charge < -0.3 is 14.4 Å². The molecule has 0 aliphatic heterocycles. The first-order valence-corrected chi connectivity index (χ1v) is 5.47. The monoisotopic (exact) mass is 233 g/mol. The predicted octanol–water partition coefficient (Wildman–Crippen LogP) is 2.43. The Bertz CT molecular complexity index is 557. The average molecular weight is 233 g/mol. The van der Waals surface area contributed by atoms with E-state index in [-0.39, 0.29) is 6.42 Å². The third kappa shape index (κ3) is 2.25. The van der Waals surface area contributed by atoms with Gasteiger partial charge in [0, 0.05) is 18.1 Å². The molecular weight excluding hydrogens is 218 g/mol. The van der Waals surface area contributed by atoms with Crippen LogP contribution in [0.3, 0.4) is 0 Å². The van der Waals surface area contributed by atoms with Gasteiger partial charge in [-0.3, -0.25) is 4.79 Å². The highest BCUT2D eigenvalue weighted by Crippen LogP contribution is 2.26. The fraction of sp³-hybridized carbons (Fsp3) is 0.308. The van der Waals surface area contributed by atoms with E-state index in [1.54, 1.807) is 7.11 Å². The minimum absolute atomic E-state index is 0.134. The zero-order valence-electron chi connectivity index (χ0n) is 9.93. The number of hydrogen-bond donors (Lipinski definition) is 1. The summed E-state index contributed by atoms with van der Waals surface area (Å²) in [4.78, 5) is 10.6. The summed E-state index contributed by atoms with van der Waals surface area (Å²) in [7, 11) is 1.64. The fourth-order valence-corrected chi connectivity index (χ4v) is 2.06. The number of aryl methyl sites for hydroxylation is 2. The highest BCUT2D eigenvalue weighted by atomic mass is 16.5. The van der Waals surface area contributed by atoms with E-state index >= 15 is 0 Å². The molecule has 17 heavy (non-hydrogen) atoms. The van der Waals surface area contributed by atoms with Crippen LogP contribution in [0.25, 0.3) is 10.9 Å². The molecule has 0 fully saturated rings. The van der Waals surface area contributed by atoms with Crippen LogP contribution in [0.5, 0.6) is 5.75 Å². The second-order valence-electron chi connectivity index (χ2n) is 4.04. The van der Waals surface area contributed by atoms with Crippen LogP contribution in [0.2, 0.25) is 0 Å². The van der Waals surface area contributed by atoms with E-state index in [4.69, 9.17) is 9.84 Å². The largest absolute Gasteiger partial charge is 0.497 e. The van der Waals surface area contributed by atoms with E-state index in [0.717, 1.165) is 22.2 Å².